The van der Waals surface area contributed by atoms with Gasteiger partial charge in [-0.25, -0.2) is 9.50 Å². The van der Waals surface area contributed by atoms with Crippen LogP contribution in [-0.4, -0.2) is 36.2 Å². The molecule has 0 atom stereocenters. The summed E-state index contributed by atoms with van der Waals surface area (Å²) in [5, 5.41) is 10.7. The molecule has 0 unspecified atom stereocenters. The second-order valence-electron chi connectivity index (χ2n) is 4.51. The van der Waals surface area contributed by atoms with Crippen molar-refractivity contribution in [3.8, 4) is 0 Å². The van der Waals surface area contributed by atoms with Crippen LogP contribution in [0.5, 0.6) is 0 Å². The van der Waals surface area contributed by atoms with Crippen LogP contribution < -0.4 is 11.1 Å². The minimum Gasteiger partial charge on any atom is -0.364 e. The highest BCUT2D eigenvalue weighted by atomic mass is 16.2. The second kappa shape index (κ2) is 5.28. The molecule has 9 nitrogen and oxygen atoms in total. The molecule has 0 saturated carbocycles. The molecule has 0 spiro atoms. The summed E-state index contributed by atoms with van der Waals surface area (Å²) in [5.41, 5.74) is 6.26. The van der Waals surface area contributed by atoms with Gasteiger partial charge in [-0.05, 0) is 13.0 Å². The predicted molar refractivity (Wildman–Crippen MR) is 77.4 cm³/mol. The van der Waals surface area contributed by atoms with Gasteiger partial charge in [0.15, 0.2) is 11.3 Å². The SMILES string of the molecule is CCn1cc(NC(=O)c2cnn3cccnc23)c(C(N)=O)n1. The van der Waals surface area contributed by atoms with Crippen molar-refractivity contribution in [1.82, 2.24) is 24.4 Å². The van der Waals surface area contributed by atoms with E-state index in [0.717, 1.165) is 0 Å². The number of carbonyl (C=O) groups excluding carboxylic acids is 2. The minimum absolute atomic E-state index is 0.0135. The van der Waals surface area contributed by atoms with Crippen molar-refractivity contribution in [2.45, 2.75) is 13.5 Å². The van der Waals surface area contributed by atoms with Crippen LogP contribution in [0.4, 0.5) is 5.69 Å². The number of hydrogen-bond donors (Lipinski definition) is 2. The Labute approximate surface area is 124 Å². The lowest BCUT2D eigenvalue weighted by Gasteiger charge is -2.02. The van der Waals surface area contributed by atoms with Gasteiger partial charge in [0, 0.05) is 25.1 Å². The number of fused-ring (bicyclic) bond motifs is 1. The fourth-order valence-electron chi connectivity index (χ4n) is 2.03. The number of aromatic nitrogens is 5. The van der Waals surface area contributed by atoms with E-state index in [1.54, 1.807) is 24.7 Å². The Hall–Kier alpha value is -3.23. The maximum atomic E-state index is 12.4. The molecule has 0 fully saturated rings. The summed E-state index contributed by atoms with van der Waals surface area (Å²) in [5.74, 6) is -1.15. The predicted octanol–water partition coefficient (Wildman–Crippen LogP) is 0.297. The molecule has 0 saturated heterocycles. The Balaban J connectivity index is 1.94. The summed E-state index contributed by atoms with van der Waals surface area (Å²) in [6, 6.07) is 1.71. The normalized spacial score (nSPS) is 10.8. The maximum Gasteiger partial charge on any atom is 0.271 e. The monoisotopic (exact) mass is 299 g/mol. The van der Waals surface area contributed by atoms with Gasteiger partial charge in [-0.15, -0.1) is 0 Å². The molecule has 3 aromatic heterocycles. The van der Waals surface area contributed by atoms with Gasteiger partial charge < -0.3 is 11.1 Å². The fourth-order valence-corrected chi connectivity index (χ4v) is 2.03. The minimum atomic E-state index is -0.708. The van der Waals surface area contributed by atoms with Crippen LogP contribution >= 0.6 is 0 Å². The molecule has 0 aliphatic carbocycles. The molecule has 9 heteroatoms. The van der Waals surface area contributed by atoms with Crippen LogP contribution in [0.3, 0.4) is 0 Å². The molecule has 0 bridgehead atoms. The topological polar surface area (TPSA) is 120 Å². The van der Waals surface area contributed by atoms with Gasteiger partial charge in [0.1, 0.15) is 5.56 Å². The number of nitrogens with two attached hydrogens (primary N) is 1. The van der Waals surface area contributed by atoms with Gasteiger partial charge in [-0.2, -0.15) is 10.2 Å². The second-order valence-corrected chi connectivity index (χ2v) is 4.51. The third-order valence-electron chi connectivity index (χ3n) is 3.09. The first-order valence-corrected chi connectivity index (χ1v) is 6.57. The van der Waals surface area contributed by atoms with Crippen LogP contribution in [-0.2, 0) is 6.54 Å². The largest absolute Gasteiger partial charge is 0.364 e. The highest BCUT2D eigenvalue weighted by Gasteiger charge is 2.19. The van der Waals surface area contributed by atoms with Crippen LogP contribution in [0.1, 0.15) is 27.8 Å². The zero-order valence-corrected chi connectivity index (χ0v) is 11.7. The van der Waals surface area contributed by atoms with Crippen molar-refractivity contribution < 1.29 is 9.59 Å². The van der Waals surface area contributed by atoms with Crippen molar-refractivity contribution >= 4 is 23.1 Å². The molecule has 3 aromatic rings. The number of aryl methyl sites for hydroxylation is 1. The van der Waals surface area contributed by atoms with Crippen molar-refractivity contribution in [2.75, 3.05) is 5.32 Å². The number of nitrogens with one attached hydrogen (secondary N) is 1. The Bertz CT molecular complexity index is 864. The molecule has 0 radical (unpaired) electrons. The first kappa shape index (κ1) is 13.7. The van der Waals surface area contributed by atoms with Gasteiger partial charge in [0.25, 0.3) is 11.8 Å². The zero-order valence-electron chi connectivity index (χ0n) is 11.7. The van der Waals surface area contributed by atoms with E-state index in [-0.39, 0.29) is 11.4 Å². The standard InChI is InChI=1S/C13H13N7O2/c1-2-19-7-9(10(18-19)11(14)21)17-13(22)8-6-16-20-5-3-4-15-12(8)20/h3-7H,2H2,1H3,(H2,14,21)(H,17,22). The van der Waals surface area contributed by atoms with Crippen molar-refractivity contribution in [2.24, 2.45) is 5.73 Å². The zero-order chi connectivity index (χ0) is 15.7. The molecule has 0 aliphatic heterocycles. The van der Waals surface area contributed by atoms with E-state index < -0.39 is 11.8 Å². The summed E-state index contributed by atoms with van der Waals surface area (Å²) in [7, 11) is 0. The number of amides is 2. The molecule has 22 heavy (non-hydrogen) atoms. The molecule has 3 rings (SSSR count). The first-order valence-electron chi connectivity index (χ1n) is 6.57. The van der Waals surface area contributed by atoms with E-state index in [1.165, 1.54) is 15.4 Å². The van der Waals surface area contributed by atoms with E-state index >= 15 is 0 Å². The molecule has 3 N–H and O–H groups in total. The fraction of sp³-hybridized carbons (Fsp3) is 0.154. The molecular formula is C13H13N7O2. The summed E-state index contributed by atoms with van der Waals surface area (Å²) < 4.78 is 3.00. The van der Waals surface area contributed by atoms with E-state index in [1.807, 2.05) is 6.92 Å². The number of carbonyl (C=O) groups is 2. The summed E-state index contributed by atoms with van der Waals surface area (Å²) in [6.07, 6.45) is 6.21. The lowest BCUT2D eigenvalue weighted by molar-refractivity contribution is 0.0995. The van der Waals surface area contributed by atoms with Crippen LogP contribution in [0.15, 0.2) is 30.9 Å². The quantitative estimate of drug-likeness (QED) is 0.717. The Kier molecular flexibility index (Phi) is 3.30. The van der Waals surface area contributed by atoms with Gasteiger partial charge in [-0.1, -0.05) is 0 Å². The van der Waals surface area contributed by atoms with Gasteiger partial charge in [0.2, 0.25) is 0 Å². The highest BCUT2D eigenvalue weighted by Crippen LogP contribution is 2.16. The van der Waals surface area contributed by atoms with Crippen molar-refractivity contribution in [1.29, 1.82) is 0 Å². The molecule has 0 aliphatic rings. The number of rotatable bonds is 4. The maximum absolute atomic E-state index is 12.4. The Morgan fingerprint density at radius 1 is 1.41 bits per heavy atom. The molecule has 2 amide bonds. The van der Waals surface area contributed by atoms with E-state index in [2.05, 4.69) is 20.5 Å². The third-order valence-corrected chi connectivity index (χ3v) is 3.09. The number of nitrogens with zero attached hydrogens (tertiary/aromatic N) is 5. The molecular weight excluding hydrogens is 286 g/mol. The summed E-state index contributed by atoms with van der Waals surface area (Å²) in [6.45, 7) is 2.41. The number of anilines is 1. The van der Waals surface area contributed by atoms with Crippen LogP contribution in [0.2, 0.25) is 0 Å². The smallest absolute Gasteiger partial charge is 0.271 e. The molecule has 112 valence electrons. The van der Waals surface area contributed by atoms with Crippen molar-refractivity contribution in [3.63, 3.8) is 0 Å². The number of primary amides is 1. The highest BCUT2D eigenvalue weighted by molar-refractivity contribution is 6.10. The van der Waals surface area contributed by atoms with Gasteiger partial charge in [0.05, 0.1) is 11.9 Å². The van der Waals surface area contributed by atoms with Crippen LogP contribution in [0.25, 0.3) is 5.65 Å². The third kappa shape index (κ3) is 2.28. The summed E-state index contributed by atoms with van der Waals surface area (Å²) >= 11 is 0. The van der Waals surface area contributed by atoms with Crippen LogP contribution in [0, 0.1) is 0 Å². The average molecular weight is 299 g/mol. The van der Waals surface area contributed by atoms with E-state index in [0.29, 0.717) is 17.8 Å². The number of hydrogen-bond acceptors (Lipinski definition) is 5. The lowest BCUT2D eigenvalue weighted by Crippen LogP contribution is -2.18. The Morgan fingerprint density at radius 2 is 2.23 bits per heavy atom. The Morgan fingerprint density at radius 3 is 2.95 bits per heavy atom. The van der Waals surface area contributed by atoms with Gasteiger partial charge >= 0.3 is 0 Å². The van der Waals surface area contributed by atoms with E-state index in [4.69, 9.17) is 5.73 Å². The van der Waals surface area contributed by atoms with E-state index in [9.17, 15) is 9.59 Å². The summed E-state index contributed by atoms with van der Waals surface area (Å²) in [4.78, 5) is 27.9. The van der Waals surface area contributed by atoms with Gasteiger partial charge in [-0.3, -0.25) is 14.3 Å². The molecule has 3 heterocycles. The first-order chi connectivity index (χ1) is 10.6. The average Bonchev–Trinajstić information content (AvgIpc) is 3.10. The van der Waals surface area contributed by atoms with Crippen molar-refractivity contribution in [3.05, 3.63) is 42.1 Å². The lowest BCUT2D eigenvalue weighted by atomic mass is 10.3. The molecule has 0 aromatic carbocycles.